The van der Waals surface area contributed by atoms with Crippen molar-refractivity contribution in [3.8, 4) is 12.3 Å². The minimum Gasteiger partial charge on any atom is -0.315 e. The summed E-state index contributed by atoms with van der Waals surface area (Å²) in [5.41, 5.74) is 1.24. The lowest BCUT2D eigenvalue weighted by atomic mass is 10.3. The molecule has 1 aromatic heterocycles. The Balaban J connectivity index is 2.14. The zero-order chi connectivity index (χ0) is 9.52. The van der Waals surface area contributed by atoms with Crippen LogP contribution in [0.15, 0.2) is 12.3 Å². The quantitative estimate of drug-likeness (QED) is 0.526. The molecule has 0 aliphatic rings. The van der Waals surface area contributed by atoms with E-state index in [0.717, 1.165) is 25.9 Å². The third-order valence-corrected chi connectivity index (χ3v) is 1.93. The van der Waals surface area contributed by atoms with Gasteiger partial charge in [0.25, 0.3) is 0 Å². The Morgan fingerprint density at radius 3 is 3.08 bits per heavy atom. The molecule has 1 rings (SSSR count). The van der Waals surface area contributed by atoms with Crippen molar-refractivity contribution in [3.05, 3.63) is 18.0 Å². The maximum absolute atomic E-state index is 5.13. The van der Waals surface area contributed by atoms with E-state index in [1.807, 2.05) is 24.0 Å². The van der Waals surface area contributed by atoms with Gasteiger partial charge in [0.1, 0.15) is 0 Å². The van der Waals surface area contributed by atoms with E-state index in [4.69, 9.17) is 6.42 Å². The number of aryl methyl sites for hydroxylation is 1. The largest absolute Gasteiger partial charge is 0.315 e. The highest BCUT2D eigenvalue weighted by atomic mass is 15.3. The first-order valence-corrected chi connectivity index (χ1v) is 4.45. The number of aromatic nitrogens is 2. The summed E-state index contributed by atoms with van der Waals surface area (Å²) in [6, 6.07) is 2.03. The lowest BCUT2D eigenvalue weighted by molar-refractivity contribution is 0.648. The highest BCUT2D eigenvalue weighted by molar-refractivity contribution is 5.00. The molecule has 0 amide bonds. The molecular weight excluding hydrogens is 162 g/mol. The second-order valence-corrected chi connectivity index (χ2v) is 2.90. The molecule has 0 aliphatic carbocycles. The first-order chi connectivity index (χ1) is 6.34. The predicted molar refractivity (Wildman–Crippen MR) is 53.2 cm³/mol. The SMILES string of the molecule is C#CCCNCCc1ccnn1C. The summed E-state index contributed by atoms with van der Waals surface area (Å²) in [5.74, 6) is 2.59. The second kappa shape index (κ2) is 5.39. The van der Waals surface area contributed by atoms with Crippen molar-refractivity contribution in [2.45, 2.75) is 12.8 Å². The number of hydrogen-bond acceptors (Lipinski definition) is 2. The van der Waals surface area contributed by atoms with Gasteiger partial charge in [-0.3, -0.25) is 4.68 Å². The van der Waals surface area contributed by atoms with Gasteiger partial charge in [0, 0.05) is 44.9 Å². The summed E-state index contributed by atoms with van der Waals surface area (Å²) in [5, 5.41) is 7.36. The Kier molecular flexibility index (Phi) is 4.07. The van der Waals surface area contributed by atoms with Gasteiger partial charge in [-0.15, -0.1) is 12.3 Å². The molecular formula is C10H15N3. The van der Waals surface area contributed by atoms with Crippen molar-refractivity contribution >= 4 is 0 Å². The Bertz CT molecular complexity index is 283. The molecule has 3 heteroatoms. The number of terminal acetylenes is 1. The topological polar surface area (TPSA) is 29.9 Å². The molecule has 0 aromatic carbocycles. The van der Waals surface area contributed by atoms with Crippen LogP contribution < -0.4 is 5.32 Å². The average Bonchev–Trinajstić information content (AvgIpc) is 2.52. The van der Waals surface area contributed by atoms with Gasteiger partial charge in [-0.05, 0) is 6.07 Å². The van der Waals surface area contributed by atoms with Gasteiger partial charge in [-0.2, -0.15) is 5.10 Å². The summed E-state index contributed by atoms with van der Waals surface area (Å²) < 4.78 is 1.89. The van der Waals surface area contributed by atoms with Gasteiger partial charge in [0.2, 0.25) is 0 Å². The van der Waals surface area contributed by atoms with Crippen LogP contribution in [0.2, 0.25) is 0 Å². The first-order valence-electron chi connectivity index (χ1n) is 4.45. The molecule has 0 atom stereocenters. The summed E-state index contributed by atoms with van der Waals surface area (Å²) >= 11 is 0. The Hall–Kier alpha value is -1.27. The smallest absolute Gasteiger partial charge is 0.0492 e. The van der Waals surface area contributed by atoms with E-state index < -0.39 is 0 Å². The normalized spacial score (nSPS) is 9.85. The number of rotatable bonds is 5. The fraction of sp³-hybridized carbons (Fsp3) is 0.500. The summed E-state index contributed by atoms with van der Waals surface area (Å²) in [7, 11) is 1.96. The van der Waals surface area contributed by atoms with Gasteiger partial charge in [0.05, 0.1) is 0 Å². The van der Waals surface area contributed by atoms with Crippen LogP contribution >= 0.6 is 0 Å². The van der Waals surface area contributed by atoms with Crippen molar-refractivity contribution in [1.29, 1.82) is 0 Å². The van der Waals surface area contributed by atoms with Crippen LogP contribution in [0.1, 0.15) is 12.1 Å². The fourth-order valence-corrected chi connectivity index (χ4v) is 1.15. The molecule has 0 aliphatic heterocycles. The maximum atomic E-state index is 5.13. The number of nitrogens with one attached hydrogen (secondary N) is 1. The van der Waals surface area contributed by atoms with Gasteiger partial charge in [0.15, 0.2) is 0 Å². The predicted octanol–water partition coefficient (Wildman–Crippen LogP) is 0.575. The molecule has 0 fully saturated rings. The fourth-order valence-electron chi connectivity index (χ4n) is 1.15. The maximum Gasteiger partial charge on any atom is 0.0492 e. The summed E-state index contributed by atoms with van der Waals surface area (Å²) in [6.45, 7) is 1.86. The zero-order valence-corrected chi connectivity index (χ0v) is 7.95. The van der Waals surface area contributed by atoms with Crippen LogP contribution in [0.5, 0.6) is 0 Å². The molecule has 0 bridgehead atoms. The molecule has 1 heterocycles. The van der Waals surface area contributed by atoms with Crippen LogP contribution in [0.4, 0.5) is 0 Å². The first kappa shape index (κ1) is 9.82. The van der Waals surface area contributed by atoms with E-state index in [1.165, 1.54) is 5.69 Å². The van der Waals surface area contributed by atoms with Crippen molar-refractivity contribution in [3.63, 3.8) is 0 Å². The highest BCUT2D eigenvalue weighted by Gasteiger charge is 1.96. The third-order valence-electron chi connectivity index (χ3n) is 1.93. The van der Waals surface area contributed by atoms with Gasteiger partial charge in [-0.25, -0.2) is 0 Å². The van der Waals surface area contributed by atoms with E-state index in [1.54, 1.807) is 0 Å². The Morgan fingerprint density at radius 1 is 1.62 bits per heavy atom. The molecule has 0 unspecified atom stereocenters. The molecule has 3 nitrogen and oxygen atoms in total. The monoisotopic (exact) mass is 177 g/mol. The summed E-state index contributed by atoms with van der Waals surface area (Å²) in [4.78, 5) is 0. The van der Waals surface area contributed by atoms with Gasteiger partial charge >= 0.3 is 0 Å². The van der Waals surface area contributed by atoms with Crippen molar-refractivity contribution < 1.29 is 0 Å². The lowest BCUT2D eigenvalue weighted by Gasteiger charge is -2.02. The molecule has 1 N–H and O–H groups in total. The standard InChI is InChI=1S/C10H15N3/c1-3-4-7-11-8-5-10-6-9-12-13(10)2/h1,6,9,11H,4-5,7-8H2,2H3. The van der Waals surface area contributed by atoms with Crippen molar-refractivity contribution in [2.24, 2.45) is 7.05 Å². The number of nitrogens with zero attached hydrogens (tertiary/aromatic N) is 2. The molecule has 1 aromatic rings. The molecule has 0 radical (unpaired) electrons. The molecule has 70 valence electrons. The molecule has 0 saturated heterocycles. The van der Waals surface area contributed by atoms with E-state index in [-0.39, 0.29) is 0 Å². The number of hydrogen-bond donors (Lipinski definition) is 1. The van der Waals surface area contributed by atoms with Crippen LogP contribution in [0, 0.1) is 12.3 Å². The Labute approximate surface area is 79.1 Å². The summed E-state index contributed by atoms with van der Waals surface area (Å²) in [6.07, 6.45) is 8.74. The minimum atomic E-state index is 0.797. The van der Waals surface area contributed by atoms with Crippen molar-refractivity contribution in [2.75, 3.05) is 13.1 Å². The highest BCUT2D eigenvalue weighted by Crippen LogP contribution is 1.95. The average molecular weight is 177 g/mol. The minimum absolute atomic E-state index is 0.797. The van der Waals surface area contributed by atoms with Gasteiger partial charge in [-0.1, -0.05) is 0 Å². The zero-order valence-electron chi connectivity index (χ0n) is 7.95. The lowest BCUT2D eigenvalue weighted by Crippen LogP contribution is -2.19. The van der Waals surface area contributed by atoms with Crippen LogP contribution in [-0.4, -0.2) is 22.9 Å². The van der Waals surface area contributed by atoms with Crippen LogP contribution in [0.3, 0.4) is 0 Å². The Morgan fingerprint density at radius 2 is 2.46 bits per heavy atom. The van der Waals surface area contributed by atoms with Crippen LogP contribution in [0.25, 0.3) is 0 Å². The van der Waals surface area contributed by atoms with E-state index in [0.29, 0.717) is 0 Å². The molecule has 0 spiro atoms. The van der Waals surface area contributed by atoms with Gasteiger partial charge < -0.3 is 5.32 Å². The molecule has 13 heavy (non-hydrogen) atoms. The molecule has 0 saturated carbocycles. The van der Waals surface area contributed by atoms with E-state index in [2.05, 4.69) is 16.3 Å². The van der Waals surface area contributed by atoms with Crippen LogP contribution in [-0.2, 0) is 13.5 Å². The second-order valence-electron chi connectivity index (χ2n) is 2.90. The third kappa shape index (κ3) is 3.30. The van der Waals surface area contributed by atoms with Crippen molar-refractivity contribution in [1.82, 2.24) is 15.1 Å². The van der Waals surface area contributed by atoms with E-state index in [9.17, 15) is 0 Å². The van der Waals surface area contributed by atoms with E-state index >= 15 is 0 Å².